The van der Waals surface area contributed by atoms with Crippen LogP contribution in [-0.4, -0.2) is 39.0 Å². The normalized spacial score (nSPS) is 12.6. The second-order valence-corrected chi connectivity index (χ2v) is 6.60. The van der Waals surface area contributed by atoms with Crippen molar-refractivity contribution in [2.24, 2.45) is 0 Å². The Morgan fingerprint density at radius 3 is 1.76 bits per heavy atom. The van der Waals surface area contributed by atoms with Crippen LogP contribution in [0, 0.1) is 0 Å². The van der Waals surface area contributed by atoms with Crippen molar-refractivity contribution in [2.45, 2.75) is 80.7 Å². The zero-order chi connectivity index (χ0) is 12.9. The fraction of sp³-hybridized carbons (Fsp3) is 0.929. The van der Waals surface area contributed by atoms with Crippen LogP contribution in [0.15, 0.2) is 0 Å². The minimum atomic E-state index is -0.590. The molecule has 0 saturated carbocycles. The Morgan fingerprint density at radius 1 is 0.941 bits per heavy atom. The average Bonchev–Trinajstić information content (AvgIpc) is 2.31. The summed E-state index contributed by atoms with van der Waals surface area (Å²) in [7, 11) is 0. The zero-order valence-electron chi connectivity index (χ0n) is 11.7. The molecule has 0 rings (SSSR count). The van der Waals surface area contributed by atoms with Gasteiger partial charge in [0.1, 0.15) is 0 Å². The summed E-state index contributed by atoms with van der Waals surface area (Å²) >= 11 is 0.795. The number of carbonyl (C=O) groups is 1. The van der Waals surface area contributed by atoms with Gasteiger partial charge in [0.15, 0.2) is 0 Å². The predicted molar refractivity (Wildman–Crippen MR) is 73.6 cm³/mol. The third-order valence-corrected chi connectivity index (χ3v) is 4.48. The number of hydrogen-bond donors (Lipinski definition) is 1. The first-order valence-electron chi connectivity index (χ1n) is 7.41. The number of unbranched alkanes of at least 4 members (excludes halogenated alkanes) is 9. The van der Waals surface area contributed by atoms with Gasteiger partial charge in [-0.15, -0.1) is 0 Å². The van der Waals surface area contributed by atoms with Crippen molar-refractivity contribution in [3.05, 3.63) is 0 Å². The van der Waals surface area contributed by atoms with Crippen LogP contribution < -0.4 is 0 Å². The van der Waals surface area contributed by atoms with E-state index in [1.54, 1.807) is 0 Å². The van der Waals surface area contributed by atoms with Crippen LogP contribution in [0.3, 0.4) is 0 Å². The molecule has 0 bridgehead atoms. The number of carboxylic acids is 1. The molecule has 1 atom stereocenters. The number of rotatable bonds is 12. The molecule has 0 aromatic carbocycles. The van der Waals surface area contributed by atoms with E-state index < -0.39 is 5.97 Å². The van der Waals surface area contributed by atoms with Gasteiger partial charge in [-0.3, -0.25) is 0 Å². The van der Waals surface area contributed by atoms with Gasteiger partial charge >= 0.3 is 118 Å². The Bertz CT molecular complexity index is 183. The Hall–Kier alpha value is 0.470. The van der Waals surface area contributed by atoms with Crippen molar-refractivity contribution >= 4 is 33.9 Å². The molecule has 3 heteroatoms. The molecule has 2 nitrogen and oxygen atoms in total. The van der Waals surface area contributed by atoms with E-state index in [2.05, 4.69) is 6.92 Å². The number of aliphatic carboxylic acids is 1. The van der Waals surface area contributed by atoms with Gasteiger partial charge in [-0.05, 0) is 0 Å². The van der Waals surface area contributed by atoms with Crippen LogP contribution in [0.1, 0.15) is 77.6 Å². The van der Waals surface area contributed by atoms with Crippen molar-refractivity contribution in [1.29, 1.82) is 0 Å². The van der Waals surface area contributed by atoms with E-state index in [9.17, 15) is 4.79 Å². The molecule has 0 aromatic heterocycles. The number of carboxylic acid groups (broad SMARTS) is 1. The molecule has 96 valence electrons. The molecular formula is C14H27NaO2. The van der Waals surface area contributed by atoms with Crippen molar-refractivity contribution in [2.75, 3.05) is 0 Å². The van der Waals surface area contributed by atoms with Crippen LogP contribution in [0.25, 0.3) is 0 Å². The van der Waals surface area contributed by atoms with Gasteiger partial charge in [-0.2, -0.15) is 0 Å². The van der Waals surface area contributed by atoms with E-state index in [0.717, 1.165) is 40.8 Å². The third-order valence-electron chi connectivity index (χ3n) is 3.41. The van der Waals surface area contributed by atoms with Gasteiger partial charge in [-0.25, -0.2) is 0 Å². The Morgan fingerprint density at radius 2 is 1.35 bits per heavy atom. The summed E-state index contributed by atoms with van der Waals surface area (Å²) in [4.78, 5) is 10.6. The summed E-state index contributed by atoms with van der Waals surface area (Å²) in [5.41, 5.74) is 0. The molecule has 0 saturated heterocycles. The molecule has 0 heterocycles. The molecule has 1 unspecified atom stereocenters. The predicted octanol–water partition coefficient (Wildman–Crippen LogP) is 4.34. The van der Waals surface area contributed by atoms with Gasteiger partial charge in [0, 0.05) is 0 Å². The Kier molecular flexibility index (Phi) is 13.3. The van der Waals surface area contributed by atoms with Crippen molar-refractivity contribution in [3.63, 3.8) is 0 Å². The first-order chi connectivity index (χ1) is 8.18. The third kappa shape index (κ3) is 12.7. The Balaban J connectivity index is 3.06. The van der Waals surface area contributed by atoms with Crippen LogP contribution in [0.4, 0.5) is 0 Å². The van der Waals surface area contributed by atoms with E-state index >= 15 is 0 Å². The molecule has 0 amide bonds. The van der Waals surface area contributed by atoms with Gasteiger partial charge in [0.2, 0.25) is 0 Å². The monoisotopic (exact) mass is 250 g/mol. The molecular weight excluding hydrogens is 223 g/mol. The molecule has 0 radical (unpaired) electrons. The van der Waals surface area contributed by atoms with Gasteiger partial charge in [0.25, 0.3) is 0 Å². The second kappa shape index (κ2) is 12.9. The van der Waals surface area contributed by atoms with Crippen LogP contribution in [-0.2, 0) is 4.79 Å². The van der Waals surface area contributed by atoms with Crippen molar-refractivity contribution in [1.82, 2.24) is 0 Å². The SMILES string of the molecule is CCCCCCCCCCCC[CH]([Na])C(=O)O. The molecule has 0 aliphatic heterocycles. The first kappa shape index (κ1) is 17.5. The fourth-order valence-electron chi connectivity index (χ4n) is 2.06. The average molecular weight is 250 g/mol. The quantitative estimate of drug-likeness (QED) is 0.413. The Labute approximate surface area is 124 Å². The molecule has 17 heavy (non-hydrogen) atoms. The number of hydrogen-bond acceptors (Lipinski definition) is 1. The molecule has 0 spiro atoms. The maximum atomic E-state index is 10.6. The second-order valence-electron chi connectivity index (χ2n) is 5.21. The first-order valence-corrected chi connectivity index (χ1v) is 8.56. The van der Waals surface area contributed by atoms with E-state index in [1.165, 1.54) is 57.8 Å². The van der Waals surface area contributed by atoms with Gasteiger partial charge in [-0.1, -0.05) is 6.92 Å². The minimum absolute atomic E-state index is 0.0240. The molecule has 0 fully saturated rings. The van der Waals surface area contributed by atoms with E-state index in [1.807, 2.05) is 0 Å². The van der Waals surface area contributed by atoms with Crippen LogP contribution in [0.2, 0.25) is 3.17 Å². The zero-order valence-corrected chi connectivity index (χ0v) is 13.7. The van der Waals surface area contributed by atoms with E-state index in [-0.39, 0.29) is 3.17 Å². The maximum absolute atomic E-state index is 10.6. The summed E-state index contributed by atoms with van der Waals surface area (Å²) < 4.78 is -0.0240. The van der Waals surface area contributed by atoms with E-state index in [0.29, 0.717) is 0 Å². The topological polar surface area (TPSA) is 37.3 Å². The van der Waals surface area contributed by atoms with Gasteiger partial charge < -0.3 is 0 Å². The molecule has 0 aromatic rings. The van der Waals surface area contributed by atoms with Crippen LogP contribution >= 0.6 is 0 Å². The standard InChI is InChI=1S/C14H27O2.Na/c1-2-3-4-5-6-7-8-9-10-11-12-13-14(15)16;/h13H,2-12H2,1H3,(H,15,16);. The molecule has 0 aliphatic carbocycles. The van der Waals surface area contributed by atoms with Gasteiger partial charge in [0.05, 0.1) is 0 Å². The van der Waals surface area contributed by atoms with Crippen molar-refractivity contribution in [3.8, 4) is 0 Å². The van der Waals surface area contributed by atoms with Crippen molar-refractivity contribution < 1.29 is 9.90 Å². The summed E-state index contributed by atoms with van der Waals surface area (Å²) in [5.74, 6) is -0.590. The summed E-state index contributed by atoms with van der Waals surface area (Å²) in [5, 5.41) is 8.76. The molecule has 0 aliphatic rings. The van der Waals surface area contributed by atoms with E-state index in [4.69, 9.17) is 5.11 Å². The summed E-state index contributed by atoms with van der Waals surface area (Å²) in [6.45, 7) is 2.25. The summed E-state index contributed by atoms with van der Waals surface area (Å²) in [6.07, 6.45) is 14.1. The molecule has 1 N–H and O–H groups in total. The van der Waals surface area contributed by atoms with Crippen LogP contribution in [0.5, 0.6) is 0 Å². The fourth-order valence-corrected chi connectivity index (χ4v) is 2.47. The summed E-state index contributed by atoms with van der Waals surface area (Å²) in [6, 6.07) is 0.